The van der Waals surface area contributed by atoms with E-state index in [9.17, 15) is 4.79 Å². The molecule has 0 aliphatic carbocycles. The number of morpholine rings is 1. The number of hydrogen-bond donors (Lipinski definition) is 2. The summed E-state index contributed by atoms with van der Waals surface area (Å²) in [6, 6.07) is 10.1. The van der Waals surface area contributed by atoms with Gasteiger partial charge in [-0.25, -0.2) is 4.99 Å². The van der Waals surface area contributed by atoms with Gasteiger partial charge < -0.3 is 20.3 Å². The lowest BCUT2D eigenvalue weighted by Gasteiger charge is -2.26. The van der Waals surface area contributed by atoms with Crippen molar-refractivity contribution in [1.29, 1.82) is 0 Å². The fraction of sp³-hybridized carbons (Fsp3) is 0.579. The number of nitrogens with one attached hydrogen (secondary N) is 2. The highest BCUT2D eigenvalue weighted by atomic mass is 16.5. The predicted molar refractivity (Wildman–Crippen MR) is 104 cm³/mol. The molecule has 7 nitrogen and oxygen atoms in total. The number of carbonyl (C=O) groups is 1. The highest BCUT2D eigenvalue weighted by Gasteiger charge is 2.10. The van der Waals surface area contributed by atoms with Gasteiger partial charge in [0.15, 0.2) is 5.96 Å². The van der Waals surface area contributed by atoms with Crippen molar-refractivity contribution < 1.29 is 9.53 Å². The van der Waals surface area contributed by atoms with Crippen molar-refractivity contribution in [1.82, 2.24) is 20.4 Å². The first-order valence-electron chi connectivity index (χ1n) is 9.21. The maximum absolute atomic E-state index is 11.8. The number of likely N-dealkylation sites (N-methyl/N-ethyl adjacent to an activating group) is 1. The van der Waals surface area contributed by atoms with Crippen molar-refractivity contribution in [3.05, 3.63) is 35.9 Å². The number of amides is 1. The Morgan fingerprint density at radius 2 is 1.92 bits per heavy atom. The molecule has 2 rings (SSSR count). The van der Waals surface area contributed by atoms with E-state index in [0.717, 1.165) is 51.4 Å². The second-order valence-corrected chi connectivity index (χ2v) is 6.53. The van der Waals surface area contributed by atoms with Gasteiger partial charge in [-0.1, -0.05) is 30.3 Å². The van der Waals surface area contributed by atoms with Gasteiger partial charge in [0.2, 0.25) is 5.91 Å². The number of guanidine groups is 1. The molecule has 1 aromatic carbocycles. The maximum Gasteiger partial charge on any atom is 0.241 e. The van der Waals surface area contributed by atoms with Crippen molar-refractivity contribution in [2.24, 2.45) is 4.99 Å². The molecular weight excluding hydrogens is 330 g/mol. The van der Waals surface area contributed by atoms with Gasteiger partial charge in [0.25, 0.3) is 0 Å². The Labute approximate surface area is 156 Å². The molecule has 0 spiro atoms. The summed E-state index contributed by atoms with van der Waals surface area (Å²) in [5, 5.41) is 6.46. The van der Waals surface area contributed by atoms with Crippen LogP contribution in [0.1, 0.15) is 12.0 Å². The van der Waals surface area contributed by atoms with Crippen LogP contribution in [0.4, 0.5) is 0 Å². The van der Waals surface area contributed by atoms with Gasteiger partial charge in [-0.15, -0.1) is 0 Å². The van der Waals surface area contributed by atoms with Gasteiger partial charge in [0.1, 0.15) is 0 Å². The van der Waals surface area contributed by atoms with Crippen LogP contribution >= 0.6 is 0 Å². The molecule has 1 fully saturated rings. The first-order chi connectivity index (χ1) is 12.6. The molecule has 1 amide bonds. The summed E-state index contributed by atoms with van der Waals surface area (Å²) in [6.07, 6.45) is 1.02. The Morgan fingerprint density at radius 3 is 2.62 bits per heavy atom. The second kappa shape index (κ2) is 11.5. The molecule has 0 aromatic heterocycles. The van der Waals surface area contributed by atoms with Crippen LogP contribution in [0.15, 0.2) is 35.3 Å². The fourth-order valence-electron chi connectivity index (χ4n) is 2.58. The molecule has 0 radical (unpaired) electrons. The minimum absolute atomic E-state index is 0.0209. The quantitative estimate of drug-likeness (QED) is 0.402. The van der Waals surface area contributed by atoms with Gasteiger partial charge in [-0.05, 0) is 18.5 Å². The van der Waals surface area contributed by atoms with Crippen LogP contribution in [0.2, 0.25) is 0 Å². The third kappa shape index (κ3) is 7.84. The summed E-state index contributed by atoms with van der Waals surface area (Å²) in [7, 11) is 3.50. The van der Waals surface area contributed by atoms with Crippen LogP contribution in [0, 0.1) is 0 Å². The van der Waals surface area contributed by atoms with E-state index in [1.807, 2.05) is 30.3 Å². The molecule has 2 N–H and O–H groups in total. The molecule has 1 heterocycles. The predicted octanol–water partition coefficient (Wildman–Crippen LogP) is 0.532. The van der Waals surface area contributed by atoms with Crippen molar-refractivity contribution in [3.8, 4) is 0 Å². The molecule has 0 unspecified atom stereocenters. The fourth-order valence-corrected chi connectivity index (χ4v) is 2.58. The van der Waals surface area contributed by atoms with Crippen LogP contribution < -0.4 is 10.6 Å². The Kier molecular flexibility index (Phi) is 8.92. The standard InChI is InChI=1S/C19H31N5O2/c1-23(2)18(25)16-22-19(21-15-17-7-4-3-5-8-17)20-9-6-10-24-11-13-26-14-12-24/h3-5,7-8H,6,9-16H2,1-2H3,(H2,20,21,22). The molecule has 0 atom stereocenters. The van der Waals surface area contributed by atoms with Gasteiger partial charge in [0, 0.05) is 33.7 Å². The lowest BCUT2D eigenvalue weighted by molar-refractivity contribution is -0.127. The van der Waals surface area contributed by atoms with Crippen molar-refractivity contribution >= 4 is 11.9 Å². The number of hydrogen-bond acceptors (Lipinski definition) is 4. The van der Waals surface area contributed by atoms with Crippen LogP contribution in [-0.4, -0.2) is 81.7 Å². The maximum atomic E-state index is 11.8. The molecule has 0 bridgehead atoms. The molecule has 1 aliphatic heterocycles. The van der Waals surface area contributed by atoms with E-state index in [2.05, 4.69) is 20.5 Å². The van der Waals surface area contributed by atoms with Crippen molar-refractivity contribution in [3.63, 3.8) is 0 Å². The zero-order valence-corrected chi connectivity index (χ0v) is 15.9. The average Bonchev–Trinajstić information content (AvgIpc) is 2.67. The van der Waals surface area contributed by atoms with Crippen LogP contribution in [-0.2, 0) is 16.1 Å². The first kappa shape index (κ1) is 20.2. The molecule has 144 valence electrons. The topological polar surface area (TPSA) is 69.2 Å². The molecule has 1 saturated heterocycles. The second-order valence-electron chi connectivity index (χ2n) is 6.53. The van der Waals surface area contributed by atoms with E-state index in [-0.39, 0.29) is 12.5 Å². The summed E-state index contributed by atoms with van der Waals surface area (Å²) in [6.45, 7) is 6.33. The Balaban J connectivity index is 1.79. The largest absolute Gasteiger partial charge is 0.379 e. The number of nitrogens with zero attached hydrogens (tertiary/aromatic N) is 3. The van der Waals surface area contributed by atoms with Crippen molar-refractivity contribution in [2.75, 3.05) is 60.0 Å². The Hall–Kier alpha value is -2.12. The average molecular weight is 361 g/mol. The van der Waals surface area contributed by atoms with Gasteiger partial charge >= 0.3 is 0 Å². The molecule has 7 heteroatoms. The van der Waals surface area contributed by atoms with Gasteiger partial charge in [0.05, 0.1) is 26.3 Å². The Bertz CT molecular complexity index is 556. The SMILES string of the molecule is CN(C)C(=O)CNC(=NCc1ccccc1)NCCCN1CCOCC1. The normalized spacial score (nSPS) is 15.5. The van der Waals surface area contributed by atoms with E-state index in [1.54, 1.807) is 19.0 Å². The van der Waals surface area contributed by atoms with E-state index >= 15 is 0 Å². The van der Waals surface area contributed by atoms with E-state index in [4.69, 9.17) is 4.74 Å². The minimum atomic E-state index is 0.0209. The third-order valence-corrected chi connectivity index (χ3v) is 4.22. The van der Waals surface area contributed by atoms with Crippen molar-refractivity contribution in [2.45, 2.75) is 13.0 Å². The highest BCUT2D eigenvalue weighted by molar-refractivity contribution is 5.86. The summed E-state index contributed by atoms with van der Waals surface area (Å²) >= 11 is 0. The van der Waals surface area contributed by atoms with Gasteiger partial charge in [-0.3, -0.25) is 9.69 Å². The third-order valence-electron chi connectivity index (χ3n) is 4.22. The lowest BCUT2D eigenvalue weighted by atomic mass is 10.2. The van der Waals surface area contributed by atoms with Crippen LogP contribution in [0.25, 0.3) is 0 Å². The minimum Gasteiger partial charge on any atom is -0.379 e. The van der Waals surface area contributed by atoms with E-state index < -0.39 is 0 Å². The smallest absolute Gasteiger partial charge is 0.241 e. The molecule has 0 saturated carbocycles. The first-order valence-corrected chi connectivity index (χ1v) is 9.21. The summed E-state index contributed by atoms with van der Waals surface area (Å²) in [4.78, 5) is 20.4. The summed E-state index contributed by atoms with van der Waals surface area (Å²) in [5.41, 5.74) is 1.14. The zero-order valence-electron chi connectivity index (χ0n) is 15.9. The zero-order chi connectivity index (χ0) is 18.6. The molecule has 1 aromatic rings. The van der Waals surface area contributed by atoms with E-state index in [1.165, 1.54) is 0 Å². The highest BCUT2D eigenvalue weighted by Crippen LogP contribution is 2.00. The lowest BCUT2D eigenvalue weighted by Crippen LogP contribution is -2.44. The number of carbonyl (C=O) groups excluding carboxylic acids is 1. The van der Waals surface area contributed by atoms with Crippen LogP contribution in [0.5, 0.6) is 0 Å². The monoisotopic (exact) mass is 361 g/mol. The van der Waals surface area contributed by atoms with E-state index in [0.29, 0.717) is 12.5 Å². The summed E-state index contributed by atoms with van der Waals surface area (Å²) in [5.74, 6) is 0.693. The Morgan fingerprint density at radius 1 is 1.19 bits per heavy atom. The molecular formula is C19H31N5O2. The summed E-state index contributed by atoms with van der Waals surface area (Å²) < 4.78 is 5.37. The molecule has 26 heavy (non-hydrogen) atoms. The van der Waals surface area contributed by atoms with Gasteiger partial charge in [-0.2, -0.15) is 0 Å². The number of benzene rings is 1. The van der Waals surface area contributed by atoms with Crippen LogP contribution in [0.3, 0.4) is 0 Å². The number of ether oxygens (including phenoxy) is 1. The molecule has 1 aliphatic rings. The number of rotatable bonds is 8. The number of aliphatic imine (C=N–C) groups is 1.